The van der Waals surface area contributed by atoms with Crippen LogP contribution < -0.4 is 20.1 Å². The molecule has 2 N–H and O–H groups in total. The number of hydrogen-bond acceptors (Lipinski definition) is 4. The lowest BCUT2D eigenvalue weighted by Gasteiger charge is -2.15. The van der Waals surface area contributed by atoms with Crippen molar-refractivity contribution >= 4 is 17.5 Å². The SMILES string of the molecule is CCOc1cc(C(=O)Nc2cccc(C(=O)NC3CC3)c2)ccc1OCC(C)C. The quantitative estimate of drug-likeness (QED) is 0.664. The van der Waals surface area contributed by atoms with Crippen molar-refractivity contribution in [3.05, 3.63) is 53.6 Å². The van der Waals surface area contributed by atoms with E-state index in [4.69, 9.17) is 9.47 Å². The number of carbonyl (C=O) groups is 2. The molecular weight excluding hydrogens is 368 g/mol. The Bertz CT molecular complexity index is 875. The summed E-state index contributed by atoms with van der Waals surface area (Å²) in [5.41, 5.74) is 1.55. The fourth-order valence-corrected chi connectivity index (χ4v) is 2.73. The van der Waals surface area contributed by atoms with Crippen molar-refractivity contribution in [1.29, 1.82) is 0 Å². The van der Waals surface area contributed by atoms with Crippen LogP contribution in [0.1, 0.15) is 54.3 Å². The second-order valence-corrected chi connectivity index (χ2v) is 7.58. The van der Waals surface area contributed by atoms with Crippen LogP contribution in [0.3, 0.4) is 0 Å². The summed E-state index contributed by atoms with van der Waals surface area (Å²) in [6.45, 7) is 7.07. The van der Waals surface area contributed by atoms with E-state index in [1.54, 1.807) is 42.5 Å². The van der Waals surface area contributed by atoms with Crippen LogP contribution in [0.15, 0.2) is 42.5 Å². The standard InChI is InChI=1S/C23H28N2O4/c1-4-28-21-13-17(8-11-20(21)29-14-15(2)3)23(27)25-19-7-5-6-16(12-19)22(26)24-18-9-10-18/h5-8,11-13,15,18H,4,9-10,14H2,1-3H3,(H,24,26)(H,25,27). The van der Waals surface area contributed by atoms with E-state index in [1.165, 1.54) is 0 Å². The summed E-state index contributed by atoms with van der Waals surface area (Å²) in [6.07, 6.45) is 2.06. The van der Waals surface area contributed by atoms with Crippen LogP contribution in [0.4, 0.5) is 5.69 Å². The van der Waals surface area contributed by atoms with Crippen LogP contribution in [-0.2, 0) is 0 Å². The van der Waals surface area contributed by atoms with Gasteiger partial charge in [0.05, 0.1) is 13.2 Å². The molecule has 1 aliphatic carbocycles. The highest BCUT2D eigenvalue weighted by molar-refractivity contribution is 6.05. The van der Waals surface area contributed by atoms with Crippen LogP contribution in [0.5, 0.6) is 11.5 Å². The number of amides is 2. The van der Waals surface area contributed by atoms with Gasteiger partial charge in [-0.05, 0) is 62.1 Å². The lowest BCUT2D eigenvalue weighted by atomic mass is 10.1. The lowest BCUT2D eigenvalue weighted by Crippen LogP contribution is -2.25. The Labute approximate surface area is 171 Å². The van der Waals surface area contributed by atoms with Crippen molar-refractivity contribution in [2.75, 3.05) is 18.5 Å². The molecule has 2 amide bonds. The number of hydrogen-bond donors (Lipinski definition) is 2. The number of rotatable bonds is 9. The van der Waals surface area contributed by atoms with Crippen molar-refractivity contribution in [3.63, 3.8) is 0 Å². The second kappa shape index (κ2) is 9.45. The van der Waals surface area contributed by atoms with Crippen molar-refractivity contribution in [2.45, 2.75) is 39.7 Å². The minimum absolute atomic E-state index is 0.117. The van der Waals surface area contributed by atoms with Crippen molar-refractivity contribution in [3.8, 4) is 11.5 Å². The maximum atomic E-state index is 12.7. The largest absolute Gasteiger partial charge is 0.490 e. The van der Waals surface area contributed by atoms with Gasteiger partial charge in [0.1, 0.15) is 0 Å². The highest BCUT2D eigenvalue weighted by Gasteiger charge is 2.23. The van der Waals surface area contributed by atoms with E-state index in [1.807, 2.05) is 6.92 Å². The third kappa shape index (κ3) is 5.98. The summed E-state index contributed by atoms with van der Waals surface area (Å²) in [4.78, 5) is 24.9. The first-order chi connectivity index (χ1) is 14.0. The van der Waals surface area contributed by atoms with Gasteiger partial charge >= 0.3 is 0 Å². The molecule has 1 aliphatic rings. The monoisotopic (exact) mass is 396 g/mol. The Balaban J connectivity index is 1.71. The fourth-order valence-electron chi connectivity index (χ4n) is 2.73. The minimum Gasteiger partial charge on any atom is -0.490 e. The van der Waals surface area contributed by atoms with E-state index in [9.17, 15) is 9.59 Å². The molecule has 6 heteroatoms. The van der Waals surface area contributed by atoms with Crippen LogP contribution in [0.2, 0.25) is 0 Å². The zero-order valence-corrected chi connectivity index (χ0v) is 17.2. The average molecular weight is 396 g/mol. The molecule has 0 heterocycles. The smallest absolute Gasteiger partial charge is 0.255 e. The third-order valence-corrected chi connectivity index (χ3v) is 4.37. The molecule has 0 aliphatic heterocycles. The molecule has 1 fully saturated rings. The van der Waals surface area contributed by atoms with Crippen LogP contribution in [0.25, 0.3) is 0 Å². The van der Waals surface area contributed by atoms with Gasteiger partial charge in [-0.25, -0.2) is 0 Å². The molecule has 0 radical (unpaired) electrons. The predicted molar refractivity (Wildman–Crippen MR) is 113 cm³/mol. The molecule has 154 valence electrons. The Kier molecular flexibility index (Phi) is 6.75. The molecule has 0 bridgehead atoms. The fraction of sp³-hybridized carbons (Fsp3) is 0.391. The zero-order valence-electron chi connectivity index (χ0n) is 17.2. The van der Waals surface area contributed by atoms with Gasteiger partial charge in [0, 0.05) is 22.9 Å². The molecule has 6 nitrogen and oxygen atoms in total. The summed E-state index contributed by atoms with van der Waals surface area (Å²) >= 11 is 0. The molecule has 2 aromatic carbocycles. The first-order valence-corrected chi connectivity index (χ1v) is 10.1. The van der Waals surface area contributed by atoms with Gasteiger partial charge < -0.3 is 20.1 Å². The second-order valence-electron chi connectivity index (χ2n) is 7.58. The summed E-state index contributed by atoms with van der Waals surface area (Å²) in [6, 6.07) is 12.4. The molecule has 0 aromatic heterocycles. The van der Waals surface area contributed by atoms with Crippen molar-refractivity contribution in [2.24, 2.45) is 5.92 Å². The normalized spacial score (nSPS) is 13.1. The van der Waals surface area contributed by atoms with Crippen LogP contribution in [-0.4, -0.2) is 31.1 Å². The Morgan fingerprint density at radius 2 is 1.76 bits per heavy atom. The highest BCUT2D eigenvalue weighted by atomic mass is 16.5. The lowest BCUT2D eigenvalue weighted by molar-refractivity contribution is 0.0949. The van der Waals surface area contributed by atoms with Gasteiger partial charge in [0.25, 0.3) is 11.8 Å². The van der Waals surface area contributed by atoms with Crippen LogP contribution in [0, 0.1) is 5.92 Å². The average Bonchev–Trinajstić information content (AvgIpc) is 3.51. The topological polar surface area (TPSA) is 76.7 Å². The highest BCUT2D eigenvalue weighted by Crippen LogP contribution is 2.29. The molecule has 0 saturated heterocycles. The summed E-state index contributed by atoms with van der Waals surface area (Å²) in [5, 5.41) is 5.79. The van der Waals surface area contributed by atoms with Gasteiger partial charge in [-0.2, -0.15) is 0 Å². The van der Waals surface area contributed by atoms with Gasteiger partial charge in [-0.3, -0.25) is 9.59 Å². The molecule has 3 rings (SSSR count). The van der Waals surface area contributed by atoms with E-state index in [0.29, 0.717) is 47.4 Å². The van der Waals surface area contributed by atoms with Gasteiger partial charge in [-0.15, -0.1) is 0 Å². The van der Waals surface area contributed by atoms with E-state index in [-0.39, 0.29) is 17.9 Å². The summed E-state index contributed by atoms with van der Waals surface area (Å²) in [7, 11) is 0. The van der Waals surface area contributed by atoms with Crippen molar-refractivity contribution in [1.82, 2.24) is 5.32 Å². The van der Waals surface area contributed by atoms with Crippen molar-refractivity contribution < 1.29 is 19.1 Å². The third-order valence-electron chi connectivity index (χ3n) is 4.37. The van der Waals surface area contributed by atoms with Crippen LogP contribution >= 0.6 is 0 Å². The van der Waals surface area contributed by atoms with E-state index < -0.39 is 0 Å². The van der Waals surface area contributed by atoms with Gasteiger partial charge in [0.15, 0.2) is 11.5 Å². The number of ether oxygens (including phenoxy) is 2. The molecule has 0 atom stereocenters. The number of nitrogens with one attached hydrogen (secondary N) is 2. The van der Waals surface area contributed by atoms with E-state index >= 15 is 0 Å². The Hall–Kier alpha value is -3.02. The number of anilines is 1. The molecular formula is C23H28N2O4. The number of carbonyl (C=O) groups excluding carboxylic acids is 2. The Morgan fingerprint density at radius 1 is 1.00 bits per heavy atom. The number of benzene rings is 2. The summed E-state index contributed by atoms with van der Waals surface area (Å²) < 4.78 is 11.4. The zero-order chi connectivity index (χ0) is 20.8. The predicted octanol–water partition coefficient (Wildman–Crippen LogP) is 4.26. The molecule has 2 aromatic rings. The van der Waals surface area contributed by atoms with Gasteiger partial charge in [0.2, 0.25) is 0 Å². The first kappa shape index (κ1) is 20.7. The van der Waals surface area contributed by atoms with E-state index in [2.05, 4.69) is 24.5 Å². The molecule has 1 saturated carbocycles. The first-order valence-electron chi connectivity index (χ1n) is 10.1. The maximum absolute atomic E-state index is 12.7. The van der Waals surface area contributed by atoms with E-state index in [0.717, 1.165) is 12.8 Å². The van der Waals surface area contributed by atoms with Gasteiger partial charge in [-0.1, -0.05) is 19.9 Å². The maximum Gasteiger partial charge on any atom is 0.255 e. The minimum atomic E-state index is -0.277. The summed E-state index contributed by atoms with van der Waals surface area (Å²) in [5.74, 6) is 1.15. The Morgan fingerprint density at radius 3 is 2.45 bits per heavy atom. The molecule has 0 unspecified atom stereocenters. The molecule has 0 spiro atoms. The molecule has 29 heavy (non-hydrogen) atoms.